The third-order valence-electron chi connectivity index (χ3n) is 2.42. The number of benzene rings is 1. The monoisotopic (exact) mass is 258 g/mol. The summed E-state index contributed by atoms with van der Waals surface area (Å²) in [6, 6.07) is 12.4. The smallest absolute Gasteiger partial charge is 0.252 e. The summed E-state index contributed by atoms with van der Waals surface area (Å²) in [6.07, 6.45) is 2.64. The summed E-state index contributed by atoms with van der Waals surface area (Å²) in [5.41, 5.74) is 1.36. The van der Waals surface area contributed by atoms with Crippen LogP contribution in [0.15, 0.2) is 36.7 Å². The summed E-state index contributed by atoms with van der Waals surface area (Å²) in [5, 5.41) is 12.6. The molecule has 0 bridgehead atoms. The Morgan fingerprint density at radius 3 is 2.83 bits per heavy atom. The highest BCUT2D eigenvalue weighted by atomic mass is 32.2. The molecule has 2 aromatic rings. The lowest BCUT2D eigenvalue weighted by molar-refractivity contribution is 0.603. The van der Waals surface area contributed by atoms with Gasteiger partial charge in [-0.25, -0.2) is 4.98 Å². The molecule has 1 aromatic carbocycles. The van der Waals surface area contributed by atoms with E-state index in [1.54, 1.807) is 11.0 Å². The second-order valence-corrected chi connectivity index (χ2v) is 4.94. The molecule has 92 valence electrons. The molecule has 18 heavy (non-hydrogen) atoms. The fourth-order valence-electron chi connectivity index (χ4n) is 1.55. The average Bonchev–Trinajstić information content (AvgIpc) is 2.87. The van der Waals surface area contributed by atoms with Gasteiger partial charge in [-0.15, -0.1) is 5.10 Å². The molecule has 0 saturated heterocycles. The number of thioether (sulfide) groups is 1. The minimum atomic E-state index is 0.243. The van der Waals surface area contributed by atoms with Crippen molar-refractivity contribution in [3.63, 3.8) is 0 Å². The highest BCUT2D eigenvalue weighted by Crippen LogP contribution is 2.12. The molecule has 1 aromatic heterocycles. The van der Waals surface area contributed by atoms with E-state index in [0.717, 1.165) is 24.5 Å². The topological polar surface area (TPSA) is 54.5 Å². The van der Waals surface area contributed by atoms with Crippen LogP contribution < -0.4 is 0 Å². The van der Waals surface area contributed by atoms with Gasteiger partial charge in [-0.2, -0.15) is 17.0 Å². The van der Waals surface area contributed by atoms with E-state index in [0.29, 0.717) is 0 Å². The van der Waals surface area contributed by atoms with E-state index in [1.165, 1.54) is 5.56 Å². The van der Waals surface area contributed by atoms with Crippen molar-refractivity contribution < 1.29 is 0 Å². The number of aromatic nitrogens is 3. The van der Waals surface area contributed by atoms with E-state index in [1.807, 2.05) is 23.9 Å². The van der Waals surface area contributed by atoms with Crippen LogP contribution in [0.3, 0.4) is 0 Å². The van der Waals surface area contributed by atoms with Crippen molar-refractivity contribution in [2.45, 2.75) is 18.7 Å². The predicted octanol–water partition coefficient (Wildman–Crippen LogP) is 2.47. The first-order valence-corrected chi connectivity index (χ1v) is 6.95. The standard InChI is InChI=1S/C13H14N4S/c14-9-13-15-11-17(16-13)7-4-8-18-10-12-5-2-1-3-6-12/h1-3,5-6,11H,4,7-8,10H2. The molecule has 5 heteroatoms. The zero-order valence-corrected chi connectivity index (χ0v) is 10.8. The average molecular weight is 258 g/mol. The lowest BCUT2D eigenvalue weighted by Crippen LogP contribution is -2.00. The molecule has 0 aliphatic carbocycles. The van der Waals surface area contributed by atoms with E-state index in [9.17, 15) is 0 Å². The summed E-state index contributed by atoms with van der Waals surface area (Å²) in [5.74, 6) is 2.37. The van der Waals surface area contributed by atoms with E-state index in [2.05, 4.69) is 34.3 Å². The van der Waals surface area contributed by atoms with Gasteiger partial charge in [0.15, 0.2) is 0 Å². The quantitative estimate of drug-likeness (QED) is 0.747. The Labute approximate surface area is 111 Å². The van der Waals surface area contributed by atoms with E-state index in [-0.39, 0.29) is 5.82 Å². The maximum atomic E-state index is 8.59. The van der Waals surface area contributed by atoms with Gasteiger partial charge in [0.1, 0.15) is 12.4 Å². The van der Waals surface area contributed by atoms with Crippen LogP contribution in [0, 0.1) is 11.3 Å². The molecule has 0 amide bonds. The minimum absolute atomic E-state index is 0.243. The number of rotatable bonds is 6. The second-order valence-electron chi connectivity index (χ2n) is 3.83. The molecule has 4 nitrogen and oxygen atoms in total. The molecule has 1 heterocycles. The first-order valence-electron chi connectivity index (χ1n) is 5.80. The van der Waals surface area contributed by atoms with Gasteiger partial charge in [-0.05, 0) is 17.7 Å². The molecule has 0 N–H and O–H groups in total. The van der Waals surface area contributed by atoms with Crippen molar-refractivity contribution in [3.8, 4) is 6.07 Å². The molecular formula is C13H14N4S. The van der Waals surface area contributed by atoms with Crippen LogP contribution in [0.25, 0.3) is 0 Å². The molecule has 0 aliphatic heterocycles. The normalized spacial score (nSPS) is 10.2. The molecule has 0 saturated carbocycles. The Kier molecular flexibility index (Phi) is 4.79. The van der Waals surface area contributed by atoms with Crippen LogP contribution in [0.5, 0.6) is 0 Å². The number of nitriles is 1. The number of aryl methyl sites for hydroxylation is 1. The van der Waals surface area contributed by atoms with Crippen LogP contribution >= 0.6 is 11.8 Å². The Morgan fingerprint density at radius 2 is 2.11 bits per heavy atom. The Balaban J connectivity index is 1.63. The van der Waals surface area contributed by atoms with Gasteiger partial charge in [-0.1, -0.05) is 30.3 Å². The van der Waals surface area contributed by atoms with Crippen molar-refractivity contribution in [1.29, 1.82) is 5.26 Å². The lowest BCUT2D eigenvalue weighted by Gasteiger charge is -2.02. The van der Waals surface area contributed by atoms with Gasteiger partial charge in [0, 0.05) is 12.3 Å². The van der Waals surface area contributed by atoms with Crippen LogP contribution in [-0.2, 0) is 12.3 Å². The molecular weight excluding hydrogens is 244 g/mol. The molecule has 0 spiro atoms. The highest BCUT2D eigenvalue weighted by molar-refractivity contribution is 7.98. The fourth-order valence-corrected chi connectivity index (χ4v) is 2.45. The number of nitrogens with zero attached hydrogens (tertiary/aromatic N) is 4. The van der Waals surface area contributed by atoms with Crippen LogP contribution in [0.4, 0.5) is 0 Å². The molecule has 2 rings (SSSR count). The molecule has 0 fully saturated rings. The van der Waals surface area contributed by atoms with E-state index >= 15 is 0 Å². The first kappa shape index (κ1) is 12.7. The van der Waals surface area contributed by atoms with E-state index in [4.69, 9.17) is 5.26 Å². The maximum absolute atomic E-state index is 8.59. The zero-order chi connectivity index (χ0) is 12.6. The summed E-state index contributed by atoms with van der Waals surface area (Å²) in [4.78, 5) is 3.87. The van der Waals surface area contributed by atoms with Crippen LogP contribution in [0.1, 0.15) is 17.8 Å². The van der Waals surface area contributed by atoms with Crippen molar-refractivity contribution >= 4 is 11.8 Å². The largest absolute Gasteiger partial charge is 0.252 e. The van der Waals surface area contributed by atoms with Crippen molar-refractivity contribution in [2.75, 3.05) is 5.75 Å². The highest BCUT2D eigenvalue weighted by Gasteiger charge is 1.98. The third kappa shape index (κ3) is 3.90. The maximum Gasteiger partial charge on any atom is 0.252 e. The summed E-state index contributed by atoms with van der Waals surface area (Å²) in [6.45, 7) is 0.816. The van der Waals surface area contributed by atoms with Gasteiger partial charge >= 0.3 is 0 Å². The first-order chi connectivity index (χ1) is 8.88. The van der Waals surface area contributed by atoms with E-state index < -0.39 is 0 Å². The summed E-state index contributed by atoms with van der Waals surface area (Å²) < 4.78 is 1.72. The predicted molar refractivity (Wildman–Crippen MR) is 72.0 cm³/mol. The van der Waals surface area contributed by atoms with Gasteiger partial charge in [0.05, 0.1) is 0 Å². The van der Waals surface area contributed by atoms with Crippen LogP contribution in [0.2, 0.25) is 0 Å². The summed E-state index contributed by atoms with van der Waals surface area (Å²) in [7, 11) is 0. The number of hydrogen-bond acceptors (Lipinski definition) is 4. The second kappa shape index (κ2) is 6.82. The third-order valence-corrected chi connectivity index (χ3v) is 3.54. The van der Waals surface area contributed by atoms with Gasteiger partial charge in [0.2, 0.25) is 0 Å². The van der Waals surface area contributed by atoms with Gasteiger partial charge in [-0.3, -0.25) is 4.68 Å². The summed E-state index contributed by atoms with van der Waals surface area (Å²) >= 11 is 1.91. The Morgan fingerprint density at radius 1 is 1.28 bits per heavy atom. The number of hydrogen-bond donors (Lipinski definition) is 0. The van der Waals surface area contributed by atoms with Crippen molar-refractivity contribution in [3.05, 3.63) is 48.0 Å². The molecule has 0 unspecified atom stereocenters. The minimum Gasteiger partial charge on any atom is -0.252 e. The zero-order valence-electron chi connectivity index (χ0n) is 9.99. The molecule has 0 radical (unpaired) electrons. The molecule has 0 aliphatic rings. The lowest BCUT2D eigenvalue weighted by atomic mass is 10.2. The van der Waals surface area contributed by atoms with Crippen molar-refractivity contribution in [2.24, 2.45) is 0 Å². The fraction of sp³-hybridized carbons (Fsp3) is 0.308. The SMILES string of the molecule is N#Cc1ncn(CCCSCc2ccccc2)n1. The van der Waals surface area contributed by atoms with Gasteiger partial charge in [0.25, 0.3) is 5.82 Å². The Hall–Kier alpha value is -1.80. The molecule has 0 atom stereocenters. The van der Waals surface area contributed by atoms with Gasteiger partial charge < -0.3 is 0 Å². The Bertz CT molecular complexity index is 515. The van der Waals surface area contributed by atoms with Crippen LogP contribution in [-0.4, -0.2) is 20.5 Å². The van der Waals surface area contributed by atoms with Crippen molar-refractivity contribution in [1.82, 2.24) is 14.8 Å².